The summed E-state index contributed by atoms with van der Waals surface area (Å²) in [5.74, 6) is 0. The normalized spacial score (nSPS) is 7.29. The molecule has 2 aromatic carbocycles. The first-order valence-corrected chi connectivity index (χ1v) is 5.25. The second-order valence-corrected chi connectivity index (χ2v) is 2.92. The van der Waals surface area contributed by atoms with Crippen LogP contribution in [0.2, 0.25) is 0 Å². The summed E-state index contributed by atoms with van der Waals surface area (Å²) >= 11 is 0. The van der Waals surface area contributed by atoms with Crippen molar-refractivity contribution < 1.29 is 21.7 Å². The zero-order chi connectivity index (χ0) is 11.9. The molecule has 0 aliphatic carbocycles. The van der Waals surface area contributed by atoms with Crippen molar-refractivity contribution in [2.45, 2.75) is 12.8 Å². The van der Waals surface area contributed by atoms with Gasteiger partial charge in [-0.1, -0.05) is 0 Å². The molecule has 0 aliphatic heterocycles. The van der Waals surface area contributed by atoms with Crippen molar-refractivity contribution in [3.05, 3.63) is 86.0 Å². The zero-order valence-electron chi connectivity index (χ0n) is 10.1. The fraction of sp³-hybridized carbons (Fsp3) is 0.125. The Morgan fingerprint density at radius 1 is 0.765 bits per heavy atom. The largest absolute Gasteiger partial charge is 0.748 e. The van der Waals surface area contributed by atoms with E-state index in [0.717, 1.165) is 12.8 Å². The molecule has 0 amide bonds. The number of unbranched alkanes of at least 4 members (excludes halogenated alkanes) is 1. The number of hydrogen-bond acceptors (Lipinski definition) is 0. The zero-order valence-corrected chi connectivity index (χ0v) is 11.7. The predicted octanol–water partition coefficient (Wildman–Crippen LogP) is 4.55. The van der Waals surface area contributed by atoms with Gasteiger partial charge in [-0.25, -0.2) is 25.0 Å². The fourth-order valence-electron chi connectivity index (χ4n) is 0.818. The molecule has 0 saturated heterocycles. The number of allylic oxidation sites excluding steroid dienone is 2. The van der Waals surface area contributed by atoms with E-state index in [1.807, 2.05) is 60.7 Å². The minimum Gasteiger partial charge on any atom is -0.748 e. The maximum atomic E-state index is 3.41. The maximum Gasteiger partial charge on any atom is 0 e. The van der Waals surface area contributed by atoms with Gasteiger partial charge in [0.15, 0.2) is 0 Å². The van der Waals surface area contributed by atoms with Crippen LogP contribution in [0.3, 0.4) is 0 Å². The van der Waals surface area contributed by atoms with Crippen molar-refractivity contribution in [2.75, 3.05) is 0 Å². The van der Waals surface area contributed by atoms with E-state index in [4.69, 9.17) is 0 Å². The molecule has 0 heterocycles. The first-order chi connectivity index (χ1) is 7.91. The van der Waals surface area contributed by atoms with Crippen LogP contribution in [0.25, 0.3) is 0 Å². The number of rotatable bonds is 3. The van der Waals surface area contributed by atoms with Gasteiger partial charge in [-0.2, -0.15) is 18.2 Å². The van der Waals surface area contributed by atoms with Gasteiger partial charge < -0.3 is 42.5 Å². The van der Waals surface area contributed by atoms with Crippen LogP contribution in [0.5, 0.6) is 0 Å². The van der Waals surface area contributed by atoms with Crippen LogP contribution in [0.4, 0.5) is 0 Å². The van der Waals surface area contributed by atoms with Gasteiger partial charge in [0.1, 0.15) is 0 Å². The molecule has 2 rings (SSSR count). The van der Waals surface area contributed by atoms with E-state index in [1.165, 1.54) is 0 Å². The Hall–Kier alpha value is -1.11. The molecule has 0 radical (unpaired) electrons. The molecular formula is C16H18Ti-8. The SMILES string of the molecule is C=[C-]CC[C-]=C.[Ti].[cH-]1[cH-][cH-][cH-][cH-]1.c1cc[cH-]c1. The van der Waals surface area contributed by atoms with Crippen LogP contribution in [0.1, 0.15) is 12.8 Å². The molecule has 2 aromatic rings. The summed E-state index contributed by atoms with van der Waals surface area (Å²) in [6.07, 6.45) is 7.19. The van der Waals surface area contributed by atoms with Gasteiger partial charge in [0.2, 0.25) is 0 Å². The topological polar surface area (TPSA) is 0 Å². The van der Waals surface area contributed by atoms with Crippen molar-refractivity contribution >= 4 is 0 Å². The maximum absolute atomic E-state index is 3.41. The third-order valence-corrected chi connectivity index (χ3v) is 1.59. The van der Waals surface area contributed by atoms with Crippen molar-refractivity contribution in [2.24, 2.45) is 0 Å². The Balaban J connectivity index is 0. The van der Waals surface area contributed by atoms with Gasteiger partial charge in [0.25, 0.3) is 0 Å². The van der Waals surface area contributed by atoms with Gasteiger partial charge in [-0.05, 0) is 0 Å². The van der Waals surface area contributed by atoms with Crippen LogP contribution in [-0.4, -0.2) is 0 Å². The van der Waals surface area contributed by atoms with Gasteiger partial charge in [-0.15, -0.1) is 0 Å². The molecule has 0 spiro atoms. The first kappa shape index (κ1) is 18.3. The van der Waals surface area contributed by atoms with Gasteiger partial charge in [0.05, 0.1) is 0 Å². The Kier molecular flexibility index (Phi) is 18.6. The molecule has 17 heavy (non-hydrogen) atoms. The Bertz CT molecular complexity index is 234. The molecule has 1 heteroatoms. The summed E-state index contributed by atoms with van der Waals surface area (Å²) in [5.41, 5.74) is 0. The predicted molar refractivity (Wildman–Crippen MR) is 71.0 cm³/mol. The van der Waals surface area contributed by atoms with Crippen molar-refractivity contribution in [3.63, 3.8) is 0 Å². The van der Waals surface area contributed by atoms with Crippen molar-refractivity contribution in [1.82, 2.24) is 0 Å². The molecule has 0 saturated carbocycles. The third kappa shape index (κ3) is 17.5. The molecule has 0 atom stereocenters. The van der Waals surface area contributed by atoms with E-state index in [1.54, 1.807) is 0 Å². The van der Waals surface area contributed by atoms with Gasteiger partial charge >= 0.3 is 0 Å². The summed E-state index contributed by atoms with van der Waals surface area (Å²) in [6.45, 7) is 6.81. The second kappa shape index (κ2) is 17.3. The average molecular weight is 258 g/mol. The Morgan fingerprint density at radius 2 is 1.12 bits per heavy atom. The molecule has 0 N–H and O–H groups in total. The van der Waals surface area contributed by atoms with Crippen molar-refractivity contribution in [1.29, 1.82) is 0 Å². The summed E-state index contributed by atoms with van der Waals surface area (Å²) in [4.78, 5) is 0. The smallest absolute Gasteiger partial charge is 0 e. The van der Waals surface area contributed by atoms with E-state index in [0.29, 0.717) is 0 Å². The summed E-state index contributed by atoms with van der Waals surface area (Å²) < 4.78 is 0. The quantitative estimate of drug-likeness (QED) is 0.430. The molecular weight excluding hydrogens is 240 g/mol. The molecule has 94 valence electrons. The van der Waals surface area contributed by atoms with Crippen LogP contribution < -0.4 is 0 Å². The molecule has 0 bridgehead atoms. The Morgan fingerprint density at radius 3 is 1.29 bits per heavy atom. The second-order valence-electron chi connectivity index (χ2n) is 2.92. The van der Waals surface area contributed by atoms with E-state index < -0.39 is 0 Å². The first-order valence-electron chi connectivity index (χ1n) is 5.25. The standard InChI is InChI=1S/C6H8.2C5H5.Ti/c1-3-5-6-4-2;2*1-2-4-5-3-1;/h1-2,5-6H2;2*1-5H;/q-2;-5;-1;. The van der Waals surface area contributed by atoms with E-state index in [2.05, 4.69) is 25.3 Å². The molecule has 0 unspecified atom stereocenters. The number of hydrogen-bond donors (Lipinski definition) is 0. The van der Waals surface area contributed by atoms with Crippen LogP contribution in [0.15, 0.2) is 73.8 Å². The summed E-state index contributed by atoms with van der Waals surface area (Å²) in [7, 11) is 0. The summed E-state index contributed by atoms with van der Waals surface area (Å²) in [6, 6.07) is 20.0. The van der Waals surface area contributed by atoms with Gasteiger partial charge in [0, 0.05) is 21.7 Å². The fourth-order valence-corrected chi connectivity index (χ4v) is 0.818. The molecule has 0 nitrogen and oxygen atoms in total. The van der Waals surface area contributed by atoms with E-state index >= 15 is 0 Å². The average Bonchev–Trinajstić information content (AvgIpc) is 3.00. The molecule has 0 fully saturated rings. The van der Waals surface area contributed by atoms with E-state index in [-0.39, 0.29) is 21.7 Å². The molecule has 0 aliphatic rings. The minimum atomic E-state index is 0. The molecule has 0 aromatic heterocycles. The van der Waals surface area contributed by atoms with Crippen LogP contribution in [-0.2, 0) is 21.7 Å². The minimum absolute atomic E-state index is 0. The van der Waals surface area contributed by atoms with Crippen molar-refractivity contribution in [3.8, 4) is 0 Å². The van der Waals surface area contributed by atoms with Gasteiger partial charge in [-0.3, -0.25) is 13.2 Å². The van der Waals surface area contributed by atoms with Crippen LogP contribution >= 0.6 is 0 Å². The monoisotopic (exact) mass is 258 g/mol. The third-order valence-electron chi connectivity index (χ3n) is 1.59. The van der Waals surface area contributed by atoms with Crippen LogP contribution in [0, 0.1) is 12.2 Å². The summed E-state index contributed by atoms with van der Waals surface area (Å²) in [5, 5.41) is 0. The Labute approximate surface area is 120 Å². The van der Waals surface area contributed by atoms with E-state index in [9.17, 15) is 0 Å².